The number of aryl methyl sites for hydroxylation is 1. The van der Waals surface area contributed by atoms with Gasteiger partial charge in [0.1, 0.15) is 11.6 Å². The molecule has 0 bridgehead atoms. The van der Waals surface area contributed by atoms with E-state index >= 15 is 0 Å². The zero-order chi connectivity index (χ0) is 76.2. The molecule has 0 fully saturated rings. The average molecular weight is 951 g/mol. The largest absolute Gasteiger partial charge is 0.507 e. The van der Waals surface area contributed by atoms with E-state index in [0.717, 1.165) is 15.7 Å². The molecule has 0 aliphatic carbocycles. The maximum atomic E-state index is 13.2. The highest BCUT2D eigenvalue weighted by atomic mass is 16.3. The number of hydrogen-bond donors (Lipinski definition) is 1. The molecule has 4 heteroatoms. The summed E-state index contributed by atoms with van der Waals surface area (Å²) in [7, 11) is 0. The maximum absolute atomic E-state index is 13.2. The fourth-order valence-corrected chi connectivity index (χ4v) is 8.67. The second-order valence-corrected chi connectivity index (χ2v) is 19.4. The van der Waals surface area contributed by atoms with E-state index in [1.165, 1.54) is 36.4 Å². The summed E-state index contributed by atoms with van der Waals surface area (Å²) >= 11 is 0. The number of rotatable bonds is 7. The summed E-state index contributed by atoms with van der Waals surface area (Å²) in [5, 5.41) is 13.2. The number of fused-ring (bicyclic) bond motifs is 1. The number of benzene rings is 7. The zero-order valence-electron chi connectivity index (χ0n) is 70.3. The molecule has 4 nitrogen and oxygen atoms in total. The van der Waals surface area contributed by atoms with Crippen molar-refractivity contribution in [3.63, 3.8) is 0 Å². The zero-order valence-corrected chi connectivity index (χ0v) is 39.3. The van der Waals surface area contributed by atoms with E-state index in [1.54, 1.807) is 39.0 Å². The lowest BCUT2D eigenvalue weighted by molar-refractivity contribution is 0.446. The van der Waals surface area contributed by atoms with E-state index in [4.69, 9.17) is 42.0 Å². The molecule has 354 valence electrons. The van der Waals surface area contributed by atoms with Crippen molar-refractivity contribution in [2.75, 3.05) is 0 Å². The van der Waals surface area contributed by atoms with Crippen molar-refractivity contribution >= 4 is 11.0 Å². The van der Waals surface area contributed by atoms with E-state index in [9.17, 15) is 10.6 Å². The first kappa shape index (κ1) is 23.3. The van der Waals surface area contributed by atoms with Crippen molar-refractivity contribution in [2.45, 2.75) is 118 Å². The topological polar surface area (TPSA) is 50.9 Å². The number of para-hydroxylation sites is 1. The van der Waals surface area contributed by atoms with Gasteiger partial charge in [0.25, 0.3) is 0 Å². The van der Waals surface area contributed by atoms with Crippen LogP contribution in [0.5, 0.6) is 5.75 Å². The molecule has 0 spiro atoms. The van der Waals surface area contributed by atoms with Crippen LogP contribution in [0.15, 0.2) is 158 Å². The number of imidazole rings is 1. The summed E-state index contributed by atoms with van der Waals surface area (Å²) in [5.41, 5.74) is -14.6. The highest BCUT2D eigenvalue weighted by Gasteiger charge is 2.30. The highest BCUT2D eigenvalue weighted by molar-refractivity contribution is 5.97. The molecule has 9 rings (SSSR count). The van der Waals surface area contributed by atoms with Crippen LogP contribution in [-0.4, -0.2) is 19.6 Å². The van der Waals surface area contributed by atoms with Gasteiger partial charge in [0.2, 0.25) is 0 Å². The van der Waals surface area contributed by atoms with Gasteiger partial charge in [-0.05, 0) is 145 Å². The lowest BCUT2D eigenvalue weighted by atomic mass is 9.78. The van der Waals surface area contributed by atoms with Crippen LogP contribution in [0.25, 0.3) is 83.9 Å². The minimum atomic E-state index is -4.36. The van der Waals surface area contributed by atoms with E-state index < -0.39 is 169 Å². The van der Waals surface area contributed by atoms with Gasteiger partial charge in [0.15, 0.2) is 0 Å². The number of phenols is 1. The summed E-state index contributed by atoms with van der Waals surface area (Å²) in [4.78, 5) is 9.35. The molecule has 7 aromatic carbocycles. The van der Waals surface area contributed by atoms with E-state index in [-0.39, 0.29) is 45.2 Å². The highest BCUT2D eigenvalue weighted by Crippen LogP contribution is 2.47. The van der Waals surface area contributed by atoms with Crippen molar-refractivity contribution in [3.8, 4) is 78.6 Å². The van der Waals surface area contributed by atoms with Gasteiger partial charge < -0.3 is 5.11 Å². The second kappa shape index (κ2) is 17.7. The Labute approximate surface area is 460 Å². The van der Waals surface area contributed by atoms with Crippen LogP contribution in [-0.2, 0) is 21.7 Å². The number of pyridine rings is 1. The first-order valence-electron chi connectivity index (χ1n) is 37.8. The number of hydrogen-bond acceptors (Lipinski definition) is 3. The Morgan fingerprint density at radius 1 is 0.529 bits per heavy atom. The third-order valence-corrected chi connectivity index (χ3v) is 12.2. The van der Waals surface area contributed by atoms with Crippen LogP contribution in [0.3, 0.4) is 0 Å². The molecular weight excluding hydrogens is 851 g/mol. The Morgan fingerprint density at radius 3 is 1.94 bits per heavy atom. The Morgan fingerprint density at radius 2 is 1.24 bits per heavy atom. The molecule has 1 N–H and O–H groups in total. The first-order valence-corrected chi connectivity index (χ1v) is 22.3. The number of aromatic hydroxyl groups is 1. The second-order valence-electron chi connectivity index (χ2n) is 19.4. The Bertz CT molecular complexity index is 4660. The maximum Gasteiger partial charge on any atom is 0.149 e. The van der Waals surface area contributed by atoms with Crippen molar-refractivity contribution in [3.05, 3.63) is 191 Å². The summed E-state index contributed by atoms with van der Waals surface area (Å²) in [6.07, 6.45) is -0.828. The summed E-state index contributed by atoms with van der Waals surface area (Å²) in [6, 6.07) is 23.1. The van der Waals surface area contributed by atoms with E-state index in [1.807, 2.05) is 69.3 Å². The van der Waals surface area contributed by atoms with Gasteiger partial charge in [-0.15, -0.1) is 0 Å². The molecule has 0 saturated heterocycles. The van der Waals surface area contributed by atoms with Gasteiger partial charge in [-0.1, -0.05) is 191 Å². The van der Waals surface area contributed by atoms with Crippen LogP contribution in [0.2, 0.25) is 0 Å². The van der Waals surface area contributed by atoms with Crippen molar-refractivity contribution in [2.24, 2.45) is 0 Å². The molecule has 0 radical (unpaired) electrons. The number of nitrogens with zero attached hydrogens (tertiary/aromatic N) is 3. The fraction of sp³-hybridized carbons (Fsp3) is 0.273. The smallest absolute Gasteiger partial charge is 0.149 e. The fourth-order valence-electron chi connectivity index (χ4n) is 8.67. The van der Waals surface area contributed by atoms with Crippen LogP contribution < -0.4 is 0 Å². The molecule has 70 heavy (non-hydrogen) atoms. The molecule has 2 heterocycles. The summed E-state index contributed by atoms with van der Waals surface area (Å²) < 4.78 is 275. The molecule has 2 aromatic heterocycles. The molecule has 0 saturated carbocycles. The molecule has 0 amide bonds. The molecule has 0 atom stereocenters. The molecular formula is C66H69N3O. The minimum absolute atomic E-state index is 0.00968. The van der Waals surface area contributed by atoms with Crippen LogP contribution in [0.4, 0.5) is 0 Å². The van der Waals surface area contributed by atoms with Crippen molar-refractivity contribution in [1.29, 1.82) is 0 Å². The predicted octanol–water partition coefficient (Wildman–Crippen LogP) is 17.9. The first-order chi connectivity index (χ1) is 45.8. The van der Waals surface area contributed by atoms with Crippen LogP contribution >= 0.6 is 0 Å². The molecule has 9 aromatic rings. The van der Waals surface area contributed by atoms with Crippen LogP contribution in [0.1, 0.15) is 159 Å². The van der Waals surface area contributed by atoms with Gasteiger partial charge >= 0.3 is 0 Å². The monoisotopic (exact) mass is 951 g/mol. The lowest BCUT2D eigenvalue weighted by Crippen LogP contribution is -2.17. The van der Waals surface area contributed by atoms with E-state index in [0.29, 0.717) is 28.3 Å². The third-order valence-electron chi connectivity index (χ3n) is 12.2. The van der Waals surface area contributed by atoms with Gasteiger partial charge in [0.05, 0.1) is 37.6 Å². The van der Waals surface area contributed by atoms with Crippen LogP contribution in [0, 0.1) is 13.7 Å². The summed E-state index contributed by atoms with van der Waals surface area (Å²) in [6.45, 7) is -20.8. The van der Waals surface area contributed by atoms with Crippen molar-refractivity contribution in [1.82, 2.24) is 14.5 Å². The SMILES string of the molecule is [2H]c1nc(-c2cc(-c3cccc4c3nc(-c3cc(C(C([2H])([2H])[2H])(C([2H])([2H])[2H])C([2H])([2H])[2H])cc(C(C([2H])([2H])[2H])(C([2H])([2H])[2H])C([2H])([2H])[2H])c3O)n4-c3ccc(-c4c(-c5ccccc5)cccc4C(C)(C)C)cc3C([2H])([2H])[2H])cc(C(C)(C)C)c2)c([2H])c(-c2c([2H])c([2H])c(C([2H])([2H])[2H])c([2H])c2[2H])c1[2H]. The standard InChI is InChI=1S/C66H69N3O/c1-41-26-28-43(29-27-41)45-32-33-67-56(38-45)48-35-47(36-49(37-48)63(3,4)5)52-23-19-25-58-60(52)68-62(53-39-50(64(6,7)8)40-55(61(53)70)66(12,13)14)69(58)57-31-30-46(34-42(57)2)59-51(44-20-16-15-17-21-44)22-18-24-54(59)65(9,10)11/h15-40,70H,1-14H3/i1D3,2D3,6D3,7D3,8D3,12D3,13D3,14D3,26D,27D,28D,29D,32D,33D,38D. The number of aromatic nitrogens is 3. The Kier molecular flexibility index (Phi) is 5.89. The molecule has 0 aliphatic rings. The van der Waals surface area contributed by atoms with Gasteiger partial charge in [-0.2, -0.15) is 0 Å². The molecule has 0 unspecified atom stereocenters. The predicted molar refractivity (Wildman–Crippen MR) is 297 cm³/mol. The minimum Gasteiger partial charge on any atom is -0.507 e. The quantitative estimate of drug-likeness (QED) is 0.173. The Hall–Kier alpha value is -7.04. The average Bonchev–Trinajstić information content (AvgIpc) is 1.00. The molecule has 0 aliphatic heterocycles. The van der Waals surface area contributed by atoms with E-state index in [2.05, 4.69) is 4.98 Å². The van der Waals surface area contributed by atoms with Gasteiger partial charge in [-0.25, -0.2) is 4.98 Å². The number of phenolic OH excluding ortho intramolecular Hbond substituents is 1. The van der Waals surface area contributed by atoms with Gasteiger partial charge in [-0.3, -0.25) is 9.55 Å². The van der Waals surface area contributed by atoms with Gasteiger partial charge in [0, 0.05) is 55.8 Å². The Balaban J connectivity index is 1.53. The third kappa shape index (κ3) is 9.25. The lowest BCUT2D eigenvalue weighted by Gasteiger charge is -2.28. The van der Waals surface area contributed by atoms with Crippen molar-refractivity contribution < 1.29 is 47.6 Å². The summed E-state index contributed by atoms with van der Waals surface area (Å²) in [5.74, 6) is -2.44. The normalized spacial score (nSPS) is 20.4.